The SMILES string of the molecule is COc1cc(C(C)NCCCC2CC2)cc(OC)c1OC. The predicted molar refractivity (Wildman–Crippen MR) is 84.5 cm³/mol. The Hall–Kier alpha value is -1.42. The van der Waals surface area contributed by atoms with Crippen LogP contribution in [0.1, 0.15) is 44.2 Å². The molecule has 1 aliphatic carbocycles. The monoisotopic (exact) mass is 293 g/mol. The molecule has 0 bridgehead atoms. The molecule has 1 N–H and O–H groups in total. The van der Waals surface area contributed by atoms with Crippen LogP contribution >= 0.6 is 0 Å². The molecule has 21 heavy (non-hydrogen) atoms. The zero-order chi connectivity index (χ0) is 15.2. The molecule has 0 amide bonds. The Morgan fingerprint density at radius 3 is 2.19 bits per heavy atom. The van der Waals surface area contributed by atoms with Crippen LogP contribution < -0.4 is 19.5 Å². The highest BCUT2D eigenvalue weighted by atomic mass is 16.5. The number of hydrogen-bond donors (Lipinski definition) is 1. The van der Waals surface area contributed by atoms with Gasteiger partial charge in [0.05, 0.1) is 21.3 Å². The van der Waals surface area contributed by atoms with E-state index in [0.29, 0.717) is 17.2 Å². The Morgan fingerprint density at radius 2 is 1.71 bits per heavy atom. The molecule has 0 radical (unpaired) electrons. The van der Waals surface area contributed by atoms with E-state index in [1.807, 2.05) is 12.1 Å². The third kappa shape index (κ3) is 4.27. The topological polar surface area (TPSA) is 39.7 Å². The minimum atomic E-state index is 0.262. The van der Waals surface area contributed by atoms with Gasteiger partial charge in [-0.25, -0.2) is 0 Å². The zero-order valence-electron chi connectivity index (χ0n) is 13.6. The molecule has 4 heteroatoms. The molecule has 4 nitrogen and oxygen atoms in total. The van der Waals surface area contributed by atoms with Gasteiger partial charge in [0.1, 0.15) is 0 Å². The van der Waals surface area contributed by atoms with Crippen molar-refractivity contribution >= 4 is 0 Å². The summed E-state index contributed by atoms with van der Waals surface area (Å²) in [6.45, 7) is 3.21. The fourth-order valence-electron chi connectivity index (χ4n) is 2.59. The van der Waals surface area contributed by atoms with Crippen LogP contribution in [0.5, 0.6) is 17.2 Å². The number of methoxy groups -OCH3 is 3. The standard InChI is InChI=1S/C17H27NO3/c1-12(18-9-5-6-13-7-8-13)14-10-15(19-2)17(21-4)16(11-14)20-3/h10-13,18H,5-9H2,1-4H3. The highest BCUT2D eigenvalue weighted by molar-refractivity contribution is 5.54. The first-order valence-electron chi connectivity index (χ1n) is 7.72. The van der Waals surface area contributed by atoms with Crippen molar-refractivity contribution in [2.45, 2.75) is 38.6 Å². The van der Waals surface area contributed by atoms with Gasteiger partial charge in [-0.1, -0.05) is 12.8 Å². The Morgan fingerprint density at radius 1 is 1.10 bits per heavy atom. The molecule has 118 valence electrons. The van der Waals surface area contributed by atoms with Gasteiger partial charge in [-0.2, -0.15) is 0 Å². The van der Waals surface area contributed by atoms with Crippen molar-refractivity contribution in [3.63, 3.8) is 0 Å². The minimum absolute atomic E-state index is 0.262. The summed E-state index contributed by atoms with van der Waals surface area (Å²) < 4.78 is 16.2. The van der Waals surface area contributed by atoms with Crippen molar-refractivity contribution in [2.24, 2.45) is 5.92 Å². The average molecular weight is 293 g/mol. The molecule has 1 fully saturated rings. The normalized spacial score (nSPS) is 15.6. The largest absolute Gasteiger partial charge is 0.493 e. The summed E-state index contributed by atoms with van der Waals surface area (Å²) in [7, 11) is 4.92. The van der Waals surface area contributed by atoms with Crippen LogP contribution in [0, 0.1) is 5.92 Å². The van der Waals surface area contributed by atoms with E-state index in [2.05, 4.69) is 12.2 Å². The van der Waals surface area contributed by atoms with Crippen LogP contribution in [0.2, 0.25) is 0 Å². The maximum atomic E-state index is 5.40. The highest BCUT2D eigenvalue weighted by Gasteiger charge is 2.20. The lowest BCUT2D eigenvalue weighted by molar-refractivity contribution is 0.323. The van der Waals surface area contributed by atoms with Gasteiger partial charge in [0, 0.05) is 6.04 Å². The first-order chi connectivity index (χ1) is 10.2. The summed E-state index contributed by atoms with van der Waals surface area (Å²) in [5.41, 5.74) is 1.15. The maximum absolute atomic E-state index is 5.40. The van der Waals surface area contributed by atoms with Gasteiger partial charge in [-0.05, 0) is 49.9 Å². The Labute approximate surface area is 127 Å². The molecule has 2 rings (SSSR count). The van der Waals surface area contributed by atoms with Gasteiger partial charge < -0.3 is 19.5 Å². The third-order valence-corrected chi connectivity index (χ3v) is 4.12. The molecule has 1 atom stereocenters. The quantitative estimate of drug-likeness (QED) is 0.707. The molecular formula is C17H27NO3. The first kappa shape index (κ1) is 16.0. The van der Waals surface area contributed by atoms with Crippen LogP contribution in [0.3, 0.4) is 0 Å². The molecular weight excluding hydrogens is 266 g/mol. The lowest BCUT2D eigenvalue weighted by Gasteiger charge is -2.18. The zero-order valence-corrected chi connectivity index (χ0v) is 13.6. The van der Waals surface area contributed by atoms with E-state index >= 15 is 0 Å². The molecule has 1 unspecified atom stereocenters. The number of nitrogens with one attached hydrogen (secondary N) is 1. The van der Waals surface area contributed by atoms with Crippen LogP contribution in [0.15, 0.2) is 12.1 Å². The van der Waals surface area contributed by atoms with E-state index in [0.717, 1.165) is 18.0 Å². The van der Waals surface area contributed by atoms with Crippen molar-refractivity contribution in [1.29, 1.82) is 0 Å². The second-order valence-corrected chi connectivity index (χ2v) is 5.72. The van der Waals surface area contributed by atoms with E-state index in [1.54, 1.807) is 21.3 Å². The van der Waals surface area contributed by atoms with E-state index in [1.165, 1.54) is 25.7 Å². The van der Waals surface area contributed by atoms with Crippen molar-refractivity contribution in [3.05, 3.63) is 17.7 Å². The van der Waals surface area contributed by atoms with Gasteiger partial charge in [0.15, 0.2) is 11.5 Å². The predicted octanol–water partition coefficient (Wildman–Crippen LogP) is 3.55. The van der Waals surface area contributed by atoms with Crippen LogP contribution in [0.25, 0.3) is 0 Å². The maximum Gasteiger partial charge on any atom is 0.203 e. The van der Waals surface area contributed by atoms with Crippen molar-refractivity contribution in [1.82, 2.24) is 5.32 Å². The summed E-state index contributed by atoms with van der Waals surface area (Å²) in [5, 5.41) is 3.57. The average Bonchev–Trinajstić information content (AvgIpc) is 3.33. The lowest BCUT2D eigenvalue weighted by Crippen LogP contribution is -2.20. The summed E-state index contributed by atoms with van der Waals surface area (Å²) in [5.74, 6) is 3.06. The second-order valence-electron chi connectivity index (χ2n) is 5.72. The molecule has 1 aliphatic rings. The van der Waals surface area contributed by atoms with Crippen molar-refractivity contribution in [2.75, 3.05) is 27.9 Å². The van der Waals surface area contributed by atoms with Gasteiger partial charge in [-0.3, -0.25) is 0 Å². The van der Waals surface area contributed by atoms with E-state index in [4.69, 9.17) is 14.2 Å². The molecule has 1 aromatic carbocycles. The van der Waals surface area contributed by atoms with Crippen LogP contribution in [-0.4, -0.2) is 27.9 Å². The Bertz CT molecular complexity index is 432. The van der Waals surface area contributed by atoms with Crippen molar-refractivity contribution < 1.29 is 14.2 Å². The summed E-state index contributed by atoms with van der Waals surface area (Å²) in [4.78, 5) is 0. The summed E-state index contributed by atoms with van der Waals surface area (Å²) in [6.07, 6.45) is 5.47. The summed E-state index contributed by atoms with van der Waals surface area (Å²) >= 11 is 0. The Kier molecular flexibility index (Phi) is 5.74. The molecule has 0 heterocycles. The molecule has 0 aliphatic heterocycles. The van der Waals surface area contributed by atoms with Gasteiger partial charge in [-0.15, -0.1) is 0 Å². The van der Waals surface area contributed by atoms with Gasteiger partial charge >= 0.3 is 0 Å². The van der Waals surface area contributed by atoms with Crippen LogP contribution in [0.4, 0.5) is 0 Å². The second kappa shape index (κ2) is 7.55. The fraction of sp³-hybridized carbons (Fsp3) is 0.647. The van der Waals surface area contributed by atoms with E-state index in [-0.39, 0.29) is 6.04 Å². The first-order valence-corrected chi connectivity index (χ1v) is 7.72. The highest BCUT2D eigenvalue weighted by Crippen LogP contribution is 2.39. The number of benzene rings is 1. The Balaban J connectivity index is 1.99. The summed E-state index contributed by atoms with van der Waals surface area (Å²) in [6, 6.07) is 4.29. The van der Waals surface area contributed by atoms with Gasteiger partial charge in [0.2, 0.25) is 5.75 Å². The van der Waals surface area contributed by atoms with Crippen LogP contribution in [-0.2, 0) is 0 Å². The van der Waals surface area contributed by atoms with Gasteiger partial charge in [0.25, 0.3) is 0 Å². The number of ether oxygens (including phenoxy) is 3. The fourth-order valence-corrected chi connectivity index (χ4v) is 2.59. The third-order valence-electron chi connectivity index (χ3n) is 4.12. The molecule has 0 aromatic heterocycles. The molecule has 0 saturated heterocycles. The lowest BCUT2D eigenvalue weighted by atomic mass is 10.1. The molecule has 1 saturated carbocycles. The van der Waals surface area contributed by atoms with Crippen molar-refractivity contribution in [3.8, 4) is 17.2 Å². The number of hydrogen-bond acceptors (Lipinski definition) is 4. The van der Waals surface area contributed by atoms with E-state index in [9.17, 15) is 0 Å². The molecule has 0 spiro atoms. The minimum Gasteiger partial charge on any atom is -0.493 e. The smallest absolute Gasteiger partial charge is 0.203 e. The molecule has 1 aromatic rings. The number of rotatable bonds is 9. The van der Waals surface area contributed by atoms with E-state index < -0.39 is 0 Å².